The maximum atomic E-state index is 12.7. The first-order valence-electron chi connectivity index (χ1n) is 7.92. The Labute approximate surface area is 142 Å². The molecule has 0 atom stereocenters. The first-order chi connectivity index (χ1) is 11.4. The molecule has 0 aliphatic carbocycles. The highest BCUT2D eigenvalue weighted by Crippen LogP contribution is 2.17. The Morgan fingerprint density at radius 2 is 1.79 bits per heavy atom. The minimum atomic E-state index is -3.20. The fraction of sp³-hybridized carbons (Fsp3) is 0.353. The third-order valence-electron chi connectivity index (χ3n) is 4.16. The summed E-state index contributed by atoms with van der Waals surface area (Å²) in [7, 11) is -3.20. The Bertz CT molecular complexity index is 807. The van der Waals surface area contributed by atoms with Crippen molar-refractivity contribution >= 4 is 15.9 Å². The number of benzene rings is 1. The van der Waals surface area contributed by atoms with Gasteiger partial charge in [-0.1, -0.05) is 6.07 Å². The average Bonchev–Trinajstić information content (AvgIpc) is 3.08. The van der Waals surface area contributed by atoms with Crippen LogP contribution in [-0.2, 0) is 10.0 Å². The molecule has 2 heterocycles. The maximum Gasteiger partial charge on any atom is 0.253 e. The molecule has 1 aliphatic heterocycles. The van der Waals surface area contributed by atoms with Crippen LogP contribution >= 0.6 is 0 Å². The van der Waals surface area contributed by atoms with Gasteiger partial charge < -0.3 is 9.47 Å². The molecule has 0 unspecified atom stereocenters. The molecule has 1 aromatic heterocycles. The molecule has 128 valence electrons. The topological polar surface area (TPSA) is 71.4 Å². The van der Waals surface area contributed by atoms with Crippen molar-refractivity contribution in [3.8, 4) is 5.69 Å². The van der Waals surface area contributed by atoms with Crippen LogP contribution in [0.15, 0.2) is 48.8 Å². The molecule has 0 spiro atoms. The van der Waals surface area contributed by atoms with Crippen molar-refractivity contribution in [2.45, 2.75) is 18.9 Å². The van der Waals surface area contributed by atoms with Gasteiger partial charge in [-0.05, 0) is 43.2 Å². The molecule has 3 rings (SSSR count). The number of carbonyl (C=O) groups excluding carboxylic acids is 1. The van der Waals surface area contributed by atoms with Crippen LogP contribution in [0, 0.1) is 0 Å². The van der Waals surface area contributed by atoms with Crippen molar-refractivity contribution in [1.29, 1.82) is 0 Å². The number of rotatable bonds is 4. The van der Waals surface area contributed by atoms with E-state index in [9.17, 15) is 13.2 Å². The van der Waals surface area contributed by atoms with E-state index in [-0.39, 0.29) is 11.9 Å². The third-order valence-corrected chi connectivity index (χ3v) is 4.92. The van der Waals surface area contributed by atoms with Crippen LogP contribution in [0.4, 0.5) is 0 Å². The molecule has 1 saturated heterocycles. The minimum absolute atomic E-state index is 0.0122. The monoisotopic (exact) mass is 347 g/mol. The van der Waals surface area contributed by atoms with Crippen molar-refractivity contribution in [3.05, 3.63) is 54.4 Å². The first kappa shape index (κ1) is 16.7. The first-order valence-corrected chi connectivity index (χ1v) is 9.81. The van der Waals surface area contributed by atoms with Crippen LogP contribution in [0.3, 0.4) is 0 Å². The average molecular weight is 347 g/mol. The zero-order valence-corrected chi connectivity index (χ0v) is 14.4. The van der Waals surface area contributed by atoms with Gasteiger partial charge in [-0.2, -0.15) is 0 Å². The van der Waals surface area contributed by atoms with E-state index < -0.39 is 10.0 Å². The summed E-state index contributed by atoms with van der Waals surface area (Å²) in [4.78, 5) is 14.5. The van der Waals surface area contributed by atoms with Crippen molar-refractivity contribution in [1.82, 2.24) is 14.2 Å². The van der Waals surface area contributed by atoms with Gasteiger partial charge in [0.2, 0.25) is 10.0 Å². The van der Waals surface area contributed by atoms with Crippen molar-refractivity contribution < 1.29 is 13.2 Å². The Morgan fingerprint density at radius 1 is 1.12 bits per heavy atom. The zero-order chi connectivity index (χ0) is 17.2. The lowest BCUT2D eigenvalue weighted by molar-refractivity contribution is 0.0711. The SMILES string of the molecule is CS(=O)(=O)NC1CCN(C(=O)c2cccc(-n3cccc3)c2)CC1. The molecule has 0 saturated carbocycles. The molecule has 7 heteroatoms. The lowest BCUT2D eigenvalue weighted by atomic mass is 10.0. The fourth-order valence-corrected chi connectivity index (χ4v) is 3.83. The predicted molar refractivity (Wildman–Crippen MR) is 92.7 cm³/mol. The summed E-state index contributed by atoms with van der Waals surface area (Å²) >= 11 is 0. The number of hydrogen-bond acceptors (Lipinski definition) is 3. The van der Waals surface area contributed by atoms with Crippen LogP contribution in [-0.4, -0.2) is 49.2 Å². The fourth-order valence-electron chi connectivity index (χ4n) is 2.99. The van der Waals surface area contributed by atoms with E-state index in [1.807, 2.05) is 53.4 Å². The van der Waals surface area contributed by atoms with E-state index >= 15 is 0 Å². The van der Waals surface area contributed by atoms with Crippen LogP contribution in [0.25, 0.3) is 5.69 Å². The van der Waals surface area contributed by atoms with E-state index in [1.165, 1.54) is 0 Å². The molecule has 2 aromatic rings. The van der Waals surface area contributed by atoms with Gasteiger partial charge in [0, 0.05) is 42.8 Å². The highest BCUT2D eigenvalue weighted by atomic mass is 32.2. The van der Waals surface area contributed by atoms with Gasteiger partial charge in [-0.15, -0.1) is 0 Å². The second-order valence-electron chi connectivity index (χ2n) is 6.10. The summed E-state index contributed by atoms with van der Waals surface area (Å²) in [6.45, 7) is 1.11. The smallest absolute Gasteiger partial charge is 0.253 e. The van der Waals surface area contributed by atoms with E-state index in [0.29, 0.717) is 31.5 Å². The number of likely N-dealkylation sites (tertiary alicyclic amines) is 1. The summed E-state index contributed by atoms with van der Waals surface area (Å²) in [6, 6.07) is 11.3. The Morgan fingerprint density at radius 3 is 2.42 bits per heavy atom. The van der Waals surface area contributed by atoms with Gasteiger partial charge in [0.15, 0.2) is 0 Å². The molecule has 24 heavy (non-hydrogen) atoms. The van der Waals surface area contributed by atoms with E-state index in [1.54, 1.807) is 4.90 Å². The molecule has 0 bridgehead atoms. The molecular formula is C17H21N3O3S. The normalized spacial score (nSPS) is 16.3. The van der Waals surface area contributed by atoms with Crippen molar-refractivity contribution in [2.24, 2.45) is 0 Å². The Balaban J connectivity index is 1.67. The third kappa shape index (κ3) is 4.04. The van der Waals surface area contributed by atoms with Gasteiger partial charge in [0.25, 0.3) is 5.91 Å². The Hall–Kier alpha value is -2.12. The number of piperidine rings is 1. The number of aromatic nitrogens is 1. The molecule has 0 radical (unpaired) electrons. The number of sulfonamides is 1. The van der Waals surface area contributed by atoms with E-state index in [4.69, 9.17) is 0 Å². The van der Waals surface area contributed by atoms with Crippen LogP contribution in [0.5, 0.6) is 0 Å². The highest BCUT2D eigenvalue weighted by Gasteiger charge is 2.25. The molecular weight excluding hydrogens is 326 g/mol. The van der Waals surface area contributed by atoms with Crippen molar-refractivity contribution in [3.63, 3.8) is 0 Å². The van der Waals surface area contributed by atoms with E-state index in [0.717, 1.165) is 11.9 Å². The largest absolute Gasteiger partial charge is 0.339 e. The summed E-state index contributed by atoms with van der Waals surface area (Å²) in [5.41, 5.74) is 1.59. The highest BCUT2D eigenvalue weighted by molar-refractivity contribution is 7.88. The standard InChI is InChI=1S/C17H21N3O3S/c1-24(22,23)18-15-7-11-20(12-8-15)17(21)14-5-4-6-16(13-14)19-9-2-3-10-19/h2-6,9-10,13,15,18H,7-8,11-12H2,1H3. The summed E-state index contributed by atoms with van der Waals surface area (Å²) in [6.07, 6.45) is 6.31. The number of amides is 1. The summed E-state index contributed by atoms with van der Waals surface area (Å²) < 4.78 is 27.2. The second kappa shape index (κ2) is 6.78. The van der Waals surface area contributed by atoms with Crippen LogP contribution in [0.1, 0.15) is 23.2 Å². The summed E-state index contributed by atoms with van der Waals surface area (Å²) in [5, 5.41) is 0. The van der Waals surface area contributed by atoms with Gasteiger partial charge in [0.1, 0.15) is 0 Å². The number of nitrogens with one attached hydrogen (secondary N) is 1. The Kier molecular flexibility index (Phi) is 4.73. The predicted octanol–water partition coefficient (Wildman–Crippen LogP) is 1.63. The lowest BCUT2D eigenvalue weighted by Crippen LogP contribution is -2.46. The number of nitrogens with zero attached hydrogens (tertiary/aromatic N) is 2. The van der Waals surface area contributed by atoms with Gasteiger partial charge >= 0.3 is 0 Å². The maximum absolute atomic E-state index is 12.7. The zero-order valence-electron chi connectivity index (χ0n) is 13.6. The molecule has 1 N–H and O–H groups in total. The molecule has 1 amide bonds. The van der Waals surface area contributed by atoms with Gasteiger partial charge in [-0.25, -0.2) is 13.1 Å². The molecule has 1 aromatic carbocycles. The summed E-state index contributed by atoms with van der Waals surface area (Å²) in [5.74, 6) is -0.0122. The van der Waals surface area contributed by atoms with Gasteiger partial charge in [0.05, 0.1) is 6.26 Å². The molecule has 6 nitrogen and oxygen atoms in total. The quantitative estimate of drug-likeness (QED) is 0.914. The van der Waals surface area contributed by atoms with Crippen molar-refractivity contribution in [2.75, 3.05) is 19.3 Å². The second-order valence-corrected chi connectivity index (χ2v) is 7.88. The number of carbonyl (C=O) groups is 1. The number of hydrogen-bond donors (Lipinski definition) is 1. The van der Waals surface area contributed by atoms with E-state index in [2.05, 4.69) is 4.72 Å². The lowest BCUT2D eigenvalue weighted by Gasteiger charge is -2.32. The van der Waals surface area contributed by atoms with Gasteiger partial charge in [-0.3, -0.25) is 4.79 Å². The van der Waals surface area contributed by atoms with Crippen LogP contribution in [0.2, 0.25) is 0 Å². The molecule has 1 aliphatic rings. The minimum Gasteiger partial charge on any atom is -0.339 e. The molecule has 1 fully saturated rings. The van der Waals surface area contributed by atoms with Crippen LogP contribution < -0.4 is 4.72 Å².